The zero-order chi connectivity index (χ0) is 16.2. The number of aromatic nitrogens is 2. The minimum absolute atomic E-state index is 0.746. The second-order valence-corrected chi connectivity index (χ2v) is 6.10. The van der Waals surface area contributed by atoms with Crippen LogP contribution in [0.3, 0.4) is 0 Å². The third kappa shape index (κ3) is 3.18. The lowest BCUT2D eigenvalue weighted by Gasteiger charge is -2.26. The van der Waals surface area contributed by atoms with E-state index < -0.39 is 0 Å². The Morgan fingerprint density at radius 1 is 1.00 bits per heavy atom. The van der Waals surface area contributed by atoms with Crippen LogP contribution in [0.25, 0.3) is 16.7 Å². The van der Waals surface area contributed by atoms with Crippen molar-refractivity contribution < 1.29 is 4.74 Å². The fraction of sp³-hybridized carbons (Fsp3) is 0.368. The minimum atomic E-state index is 0.746. The van der Waals surface area contributed by atoms with Crippen LogP contribution in [0, 0.1) is 0 Å². The van der Waals surface area contributed by atoms with Gasteiger partial charge in [0.2, 0.25) is 5.95 Å². The summed E-state index contributed by atoms with van der Waals surface area (Å²) < 4.78 is 5.39. The summed E-state index contributed by atoms with van der Waals surface area (Å²) in [6.45, 7) is 5.18. The molecule has 1 saturated heterocycles. The molecular weight excluding hydrogens is 300 g/mol. The van der Waals surface area contributed by atoms with Gasteiger partial charge in [0, 0.05) is 37.6 Å². The van der Waals surface area contributed by atoms with E-state index in [1.165, 1.54) is 16.7 Å². The first-order valence-corrected chi connectivity index (χ1v) is 8.56. The molecule has 3 heterocycles. The summed E-state index contributed by atoms with van der Waals surface area (Å²) in [4.78, 5) is 11.4. The van der Waals surface area contributed by atoms with Gasteiger partial charge in [0.25, 0.3) is 0 Å². The molecule has 2 aromatic rings. The Labute approximate surface area is 142 Å². The van der Waals surface area contributed by atoms with Crippen molar-refractivity contribution in [2.45, 2.75) is 6.42 Å². The number of hydrogen-bond donors (Lipinski definition) is 1. The van der Waals surface area contributed by atoms with Gasteiger partial charge in [-0.1, -0.05) is 30.3 Å². The molecule has 24 heavy (non-hydrogen) atoms. The predicted octanol–water partition coefficient (Wildman–Crippen LogP) is 2.36. The quantitative estimate of drug-likeness (QED) is 0.940. The highest BCUT2D eigenvalue weighted by Gasteiger charge is 2.15. The van der Waals surface area contributed by atoms with Crippen LogP contribution in [0.15, 0.2) is 42.7 Å². The first-order chi connectivity index (χ1) is 11.9. The van der Waals surface area contributed by atoms with Crippen molar-refractivity contribution >= 4 is 11.5 Å². The molecule has 0 radical (unpaired) electrons. The van der Waals surface area contributed by atoms with E-state index in [4.69, 9.17) is 4.74 Å². The molecule has 5 heteroatoms. The summed E-state index contributed by atoms with van der Waals surface area (Å²) in [7, 11) is 0. The second kappa shape index (κ2) is 7.11. The topological polar surface area (TPSA) is 50.3 Å². The van der Waals surface area contributed by atoms with Crippen molar-refractivity contribution in [2.24, 2.45) is 0 Å². The van der Waals surface area contributed by atoms with Crippen molar-refractivity contribution in [2.75, 3.05) is 44.3 Å². The fourth-order valence-electron chi connectivity index (χ4n) is 3.27. The minimum Gasteiger partial charge on any atom is -0.378 e. The Kier molecular flexibility index (Phi) is 4.53. The number of rotatable bonds is 3. The largest absolute Gasteiger partial charge is 0.378 e. The number of ether oxygens (including phenoxy) is 1. The van der Waals surface area contributed by atoms with Gasteiger partial charge in [-0.25, -0.2) is 9.97 Å². The van der Waals surface area contributed by atoms with E-state index in [-0.39, 0.29) is 0 Å². The summed E-state index contributed by atoms with van der Waals surface area (Å²) in [5.74, 6) is 0.792. The van der Waals surface area contributed by atoms with Gasteiger partial charge in [-0.2, -0.15) is 0 Å². The lowest BCUT2D eigenvalue weighted by Crippen LogP contribution is -2.37. The molecule has 2 aliphatic rings. The van der Waals surface area contributed by atoms with Gasteiger partial charge >= 0.3 is 0 Å². The van der Waals surface area contributed by atoms with Gasteiger partial charge in [-0.05, 0) is 29.7 Å². The summed E-state index contributed by atoms with van der Waals surface area (Å²) >= 11 is 0. The van der Waals surface area contributed by atoms with Crippen LogP contribution in [0.4, 0.5) is 5.95 Å². The maximum atomic E-state index is 5.39. The highest BCUT2D eigenvalue weighted by Crippen LogP contribution is 2.30. The highest BCUT2D eigenvalue weighted by atomic mass is 16.5. The lowest BCUT2D eigenvalue weighted by atomic mass is 9.93. The zero-order valence-corrected chi connectivity index (χ0v) is 13.7. The number of nitrogens with zero attached hydrogens (tertiary/aromatic N) is 3. The number of anilines is 1. The third-order valence-corrected chi connectivity index (χ3v) is 4.58. The van der Waals surface area contributed by atoms with Gasteiger partial charge in [-0.3, -0.25) is 0 Å². The molecule has 0 amide bonds. The highest BCUT2D eigenvalue weighted by molar-refractivity contribution is 5.81. The second-order valence-electron chi connectivity index (χ2n) is 6.10. The third-order valence-electron chi connectivity index (χ3n) is 4.58. The first kappa shape index (κ1) is 15.3. The normalized spacial score (nSPS) is 18.3. The molecule has 0 bridgehead atoms. The molecule has 0 spiro atoms. The summed E-state index contributed by atoms with van der Waals surface area (Å²) in [6.07, 6.45) is 7.23. The Balaban J connectivity index is 1.63. The van der Waals surface area contributed by atoms with Crippen LogP contribution in [-0.4, -0.2) is 49.4 Å². The Bertz CT molecular complexity index is 720. The van der Waals surface area contributed by atoms with Crippen molar-refractivity contribution in [3.8, 4) is 11.1 Å². The number of nitrogens with one attached hydrogen (secondary N) is 1. The molecular formula is C19H22N4O. The summed E-state index contributed by atoms with van der Waals surface area (Å²) in [5, 5.41) is 3.37. The van der Waals surface area contributed by atoms with Crippen LogP contribution < -0.4 is 10.2 Å². The molecule has 0 atom stereocenters. The van der Waals surface area contributed by atoms with Crippen LogP contribution in [-0.2, 0) is 4.74 Å². The van der Waals surface area contributed by atoms with Gasteiger partial charge in [0.15, 0.2) is 0 Å². The number of hydrogen-bond acceptors (Lipinski definition) is 5. The standard InChI is InChI=1S/C19H22N4O/c1-2-4-18(17(3-1)15-5-7-20-8-6-15)16-13-21-19(22-14-16)23-9-11-24-12-10-23/h1-5,13-14,20H,6-12H2. The maximum absolute atomic E-state index is 5.39. The average molecular weight is 322 g/mol. The van der Waals surface area contributed by atoms with Crippen molar-refractivity contribution in [1.29, 1.82) is 0 Å². The van der Waals surface area contributed by atoms with Gasteiger partial charge in [0.1, 0.15) is 0 Å². The van der Waals surface area contributed by atoms with Crippen molar-refractivity contribution in [3.05, 3.63) is 48.3 Å². The van der Waals surface area contributed by atoms with Crippen LogP contribution in [0.1, 0.15) is 12.0 Å². The van der Waals surface area contributed by atoms with Gasteiger partial charge < -0.3 is 15.0 Å². The predicted molar refractivity (Wildman–Crippen MR) is 96.0 cm³/mol. The molecule has 1 aromatic heterocycles. The molecule has 2 aliphatic heterocycles. The lowest BCUT2D eigenvalue weighted by molar-refractivity contribution is 0.122. The van der Waals surface area contributed by atoms with Crippen LogP contribution >= 0.6 is 0 Å². The molecule has 4 rings (SSSR count). The van der Waals surface area contributed by atoms with Crippen LogP contribution in [0.5, 0.6) is 0 Å². The van der Waals surface area contributed by atoms with E-state index >= 15 is 0 Å². The Hall–Kier alpha value is -2.24. The summed E-state index contributed by atoms with van der Waals surface area (Å²) in [6, 6.07) is 8.54. The SMILES string of the molecule is C1=C(c2ccccc2-c2cnc(N3CCOCC3)nc2)CCNC1. The van der Waals surface area contributed by atoms with Crippen molar-refractivity contribution in [1.82, 2.24) is 15.3 Å². The molecule has 1 N–H and O–H groups in total. The number of morpholine rings is 1. The molecule has 124 valence electrons. The monoisotopic (exact) mass is 322 g/mol. The van der Waals surface area contributed by atoms with E-state index in [2.05, 4.69) is 50.5 Å². The van der Waals surface area contributed by atoms with E-state index in [1.54, 1.807) is 0 Å². The summed E-state index contributed by atoms with van der Waals surface area (Å²) in [5.41, 5.74) is 4.98. The van der Waals surface area contributed by atoms with Gasteiger partial charge in [-0.15, -0.1) is 0 Å². The van der Waals surface area contributed by atoms with Crippen molar-refractivity contribution in [3.63, 3.8) is 0 Å². The smallest absolute Gasteiger partial charge is 0.225 e. The Morgan fingerprint density at radius 3 is 2.46 bits per heavy atom. The van der Waals surface area contributed by atoms with Crippen LogP contribution in [0.2, 0.25) is 0 Å². The molecule has 0 saturated carbocycles. The first-order valence-electron chi connectivity index (χ1n) is 8.56. The van der Waals surface area contributed by atoms with E-state index in [0.29, 0.717) is 0 Å². The Morgan fingerprint density at radius 2 is 1.75 bits per heavy atom. The number of benzene rings is 1. The average Bonchev–Trinajstić information content (AvgIpc) is 2.69. The zero-order valence-electron chi connectivity index (χ0n) is 13.7. The molecule has 0 aliphatic carbocycles. The van der Waals surface area contributed by atoms with Gasteiger partial charge in [0.05, 0.1) is 13.2 Å². The van der Waals surface area contributed by atoms with E-state index in [9.17, 15) is 0 Å². The fourth-order valence-corrected chi connectivity index (χ4v) is 3.27. The molecule has 1 aromatic carbocycles. The maximum Gasteiger partial charge on any atom is 0.225 e. The van der Waals surface area contributed by atoms with E-state index in [0.717, 1.165) is 57.3 Å². The van der Waals surface area contributed by atoms with E-state index in [1.807, 2.05) is 12.4 Å². The molecule has 0 unspecified atom stereocenters. The molecule has 5 nitrogen and oxygen atoms in total. The molecule has 1 fully saturated rings.